The molecular formula is C18H21NO2. The van der Waals surface area contributed by atoms with Crippen LogP contribution in [-0.4, -0.2) is 23.2 Å². The molecule has 0 aliphatic carbocycles. The highest BCUT2D eigenvalue weighted by atomic mass is 16.3. The maximum absolute atomic E-state index is 8.70. The molecule has 1 aromatic heterocycles. The molecule has 0 saturated heterocycles. The van der Waals surface area contributed by atoms with Gasteiger partial charge in [-0.2, -0.15) is 0 Å². The molecule has 1 N–H and O–H groups in total. The Bertz CT molecular complexity index is 576. The fourth-order valence-corrected chi connectivity index (χ4v) is 2.07. The Morgan fingerprint density at radius 3 is 2.57 bits per heavy atom. The van der Waals surface area contributed by atoms with Crippen LogP contribution in [0.2, 0.25) is 0 Å². The van der Waals surface area contributed by atoms with Gasteiger partial charge in [0.1, 0.15) is 5.76 Å². The number of furan rings is 1. The van der Waals surface area contributed by atoms with Crippen molar-refractivity contribution in [3.05, 3.63) is 59.5 Å². The van der Waals surface area contributed by atoms with Crippen molar-refractivity contribution in [1.29, 1.82) is 0 Å². The molecule has 0 amide bonds. The van der Waals surface area contributed by atoms with Gasteiger partial charge < -0.3 is 9.52 Å². The highest BCUT2D eigenvalue weighted by molar-refractivity contribution is 5.36. The predicted octanol–water partition coefficient (Wildman–Crippen LogP) is 3.04. The first-order valence-electron chi connectivity index (χ1n) is 7.25. The van der Waals surface area contributed by atoms with Crippen LogP contribution in [0.5, 0.6) is 0 Å². The fraction of sp³-hybridized carbons (Fsp3) is 0.333. The van der Waals surface area contributed by atoms with E-state index >= 15 is 0 Å². The second-order valence-corrected chi connectivity index (χ2v) is 4.85. The number of hydrogen-bond donors (Lipinski definition) is 1. The monoisotopic (exact) mass is 283 g/mol. The zero-order valence-corrected chi connectivity index (χ0v) is 12.4. The largest absolute Gasteiger partial charge is 0.468 e. The van der Waals surface area contributed by atoms with Crippen LogP contribution in [-0.2, 0) is 13.1 Å². The molecule has 0 bridgehead atoms. The van der Waals surface area contributed by atoms with Gasteiger partial charge in [-0.3, -0.25) is 4.90 Å². The van der Waals surface area contributed by atoms with Crippen LogP contribution >= 0.6 is 0 Å². The van der Waals surface area contributed by atoms with Crippen LogP contribution in [0, 0.1) is 11.8 Å². The van der Waals surface area contributed by atoms with Gasteiger partial charge in [0.05, 0.1) is 19.4 Å². The topological polar surface area (TPSA) is 36.6 Å². The highest BCUT2D eigenvalue weighted by Gasteiger charge is 2.06. The Morgan fingerprint density at radius 1 is 1.14 bits per heavy atom. The normalized spacial score (nSPS) is 10.4. The van der Waals surface area contributed by atoms with Crippen LogP contribution in [0.4, 0.5) is 0 Å². The standard InChI is InChI=1S/C18H21NO2/c1-2-19(15-18-7-5-13-21-18)14-17-10-8-16(9-11-17)6-3-4-12-20/h5,7-11,13,20H,2,4,12,14-15H2,1H3. The molecule has 0 radical (unpaired) electrons. The van der Waals surface area contributed by atoms with Crippen LogP contribution in [0.1, 0.15) is 30.2 Å². The van der Waals surface area contributed by atoms with Crippen molar-refractivity contribution >= 4 is 0 Å². The van der Waals surface area contributed by atoms with Gasteiger partial charge in [-0.05, 0) is 36.4 Å². The van der Waals surface area contributed by atoms with Crippen molar-refractivity contribution in [2.24, 2.45) is 0 Å². The van der Waals surface area contributed by atoms with E-state index in [2.05, 4.69) is 35.8 Å². The van der Waals surface area contributed by atoms with E-state index in [1.54, 1.807) is 6.26 Å². The molecule has 1 aromatic carbocycles. The molecule has 0 fully saturated rings. The number of benzene rings is 1. The Balaban J connectivity index is 1.93. The van der Waals surface area contributed by atoms with E-state index in [9.17, 15) is 0 Å². The van der Waals surface area contributed by atoms with Gasteiger partial charge in [-0.1, -0.05) is 30.9 Å². The van der Waals surface area contributed by atoms with E-state index < -0.39 is 0 Å². The lowest BCUT2D eigenvalue weighted by molar-refractivity contribution is 0.248. The average Bonchev–Trinajstić information content (AvgIpc) is 3.01. The van der Waals surface area contributed by atoms with Crippen molar-refractivity contribution < 1.29 is 9.52 Å². The Morgan fingerprint density at radius 2 is 1.95 bits per heavy atom. The maximum Gasteiger partial charge on any atom is 0.117 e. The molecule has 1 heterocycles. The summed E-state index contributed by atoms with van der Waals surface area (Å²) in [4.78, 5) is 2.32. The zero-order valence-electron chi connectivity index (χ0n) is 12.4. The second-order valence-electron chi connectivity index (χ2n) is 4.85. The molecule has 0 atom stereocenters. The van der Waals surface area contributed by atoms with Crippen molar-refractivity contribution in [1.82, 2.24) is 4.90 Å². The Hall–Kier alpha value is -2.02. The lowest BCUT2D eigenvalue weighted by Crippen LogP contribution is -2.21. The first kappa shape index (κ1) is 15.4. The summed E-state index contributed by atoms with van der Waals surface area (Å²) in [5, 5.41) is 8.70. The SMILES string of the molecule is CCN(Cc1ccc(C#CCCO)cc1)Cc1ccco1. The molecule has 0 aliphatic heterocycles. The second kappa shape index (κ2) is 8.31. The minimum absolute atomic E-state index is 0.114. The number of hydrogen-bond acceptors (Lipinski definition) is 3. The summed E-state index contributed by atoms with van der Waals surface area (Å²) >= 11 is 0. The molecule has 0 saturated carbocycles. The van der Waals surface area contributed by atoms with E-state index in [0.717, 1.165) is 31.0 Å². The zero-order chi connectivity index (χ0) is 14.9. The van der Waals surface area contributed by atoms with Crippen LogP contribution in [0.15, 0.2) is 47.1 Å². The first-order chi connectivity index (χ1) is 10.3. The van der Waals surface area contributed by atoms with Crippen LogP contribution < -0.4 is 0 Å². The summed E-state index contributed by atoms with van der Waals surface area (Å²) in [6, 6.07) is 12.2. The van der Waals surface area contributed by atoms with Gasteiger partial charge in [0.15, 0.2) is 0 Å². The highest BCUT2D eigenvalue weighted by Crippen LogP contribution is 2.11. The van der Waals surface area contributed by atoms with E-state index in [1.165, 1.54) is 5.56 Å². The number of rotatable bonds is 6. The summed E-state index contributed by atoms with van der Waals surface area (Å²) in [5.74, 6) is 6.96. The first-order valence-corrected chi connectivity index (χ1v) is 7.25. The van der Waals surface area contributed by atoms with Crippen molar-refractivity contribution in [2.75, 3.05) is 13.2 Å². The van der Waals surface area contributed by atoms with E-state index in [0.29, 0.717) is 6.42 Å². The average molecular weight is 283 g/mol. The van der Waals surface area contributed by atoms with E-state index in [-0.39, 0.29) is 6.61 Å². The number of aliphatic hydroxyl groups is 1. The van der Waals surface area contributed by atoms with Crippen LogP contribution in [0.25, 0.3) is 0 Å². The van der Waals surface area contributed by atoms with Gasteiger partial charge in [0.25, 0.3) is 0 Å². The molecule has 2 rings (SSSR count). The minimum atomic E-state index is 0.114. The smallest absolute Gasteiger partial charge is 0.117 e. The summed E-state index contributed by atoms with van der Waals surface area (Å²) in [6.45, 7) is 4.95. The molecule has 110 valence electrons. The number of aliphatic hydroxyl groups excluding tert-OH is 1. The van der Waals surface area contributed by atoms with E-state index in [4.69, 9.17) is 9.52 Å². The molecular weight excluding hydrogens is 262 g/mol. The predicted molar refractivity (Wildman–Crippen MR) is 83.5 cm³/mol. The Labute approximate surface area is 126 Å². The lowest BCUT2D eigenvalue weighted by Gasteiger charge is -2.19. The molecule has 2 aromatic rings. The fourth-order valence-electron chi connectivity index (χ4n) is 2.07. The number of nitrogens with zero attached hydrogens (tertiary/aromatic N) is 1. The van der Waals surface area contributed by atoms with E-state index in [1.807, 2.05) is 24.3 Å². The van der Waals surface area contributed by atoms with Gasteiger partial charge in [-0.15, -0.1) is 0 Å². The minimum Gasteiger partial charge on any atom is -0.468 e. The third-order valence-corrected chi connectivity index (χ3v) is 3.24. The summed E-state index contributed by atoms with van der Waals surface area (Å²) in [5.41, 5.74) is 2.25. The molecule has 0 spiro atoms. The maximum atomic E-state index is 8.70. The molecule has 3 heteroatoms. The summed E-state index contributed by atoms with van der Waals surface area (Å²) < 4.78 is 5.40. The van der Waals surface area contributed by atoms with Gasteiger partial charge in [0, 0.05) is 18.5 Å². The summed E-state index contributed by atoms with van der Waals surface area (Å²) in [7, 11) is 0. The third-order valence-electron chi connectivity index (χ3n) is 3.24. The van der Waals surface area contributed by atoms with Crippen molar-refractivity contribution in [3.63, 3.8) is 0 Å². The van der Waals surface area contributed by atoms with Crippen molar-refractivity contribution in [2.45, 2.75) is 26.4 Å². The van der Waals surface area contributed by atoms with Gasteiger partial charge >= 0.3 is 0 Å². The lowest BCUT2D eigenvalue weighted by atomic mass is 10.1. The quantitative estimate of drug-likeness (QED) is 0.828. The molecule has 0 aliphatic rings. The molecule has 3 nitrogen and oxygen atoms in total. The Kier molecular flexibility index (Phi) is 6.08. The van der Waals surface area contributed by atoms with Crippen molar-refractivity contribution in [3.8, 4) is 11.8 Å². The third kappa shape index (κ3) is 5.11. The van der Waals surface area contributed by atoms with Gasteiger partial charge in [-0.25, -0.2) is 0 Å². The molecule has 21 heavy (non-hydrogen) atoms. The van der Waals surface area contributed by atoms with Crippen LogP contribution in [0.3, 0.4) is 0 Å². The van der Waals surface area contributed by atoms with Gasteiger partial charge in [0.2, 0.25) is 0 Å². The summed E-state index contributed by atoms with van der Waals surface area (Å²) in [6.07, 6.45) is 2.23. The molecule has 0 unspecified atom stereocenters.